The first-order valence-corrected chi connectivity index (χ1v) is 9.90. The molecule has 0 bridgehead atoms. The number of ketones is 1. The maximum atomic E-state index is 13.0. The van der Waals surface area contributed by atoms with E-state index in [1.165, 1.54) is 31.2 Å². The zero-order chi connectivity index (χ0) is 23.4. The van der Waals surface area contributed by atoms with E-state index in [1.54, 1.807) is 37.3 Å². The molecule has 168 valence electrons. The molecular formula is C24H23F2NO5. The summed E-state index contributed by atoms with van der Waals surface area (Å²) in [5.74, 6) is -0.962. The van der Waals surface area contributed by atoms with Gasteiger partial charge in [-0.15, -0.1) is 0 Å². The van der Waals surface area contributed by atoms with Crippen LogP contribution in [0.3, 0.4) is 0 Å². The Morgan fingerprint density at radius 2 is 1.66 bits per heavy atom. The lowest BCUT2D eigenvalue weighted by atomic mass is 10.1. The van der Waals surface area contributed by atoms with Crippen LogP contribution in [-0.2, 0) is 11.3 Å². The highest BCUT2D eigenvalue weighted by Crippen LogP contribution is 2.25. The lowest BCUT2D eigenvalue weighted by Gasteiger charge is -2.14. The molecule has 0 saturated heterocycles. The van der Waals surface area contributed by atoms with Crippen molar-refractivity contribution in [1.82, 2.24) is 4.57 Å². The molecular weight excluding hydrogens is 420 g/mol. The Morgan fingerprint density at radius 1 is 1.03 bits per heavy atom. The molecule has 0 aliphatic carbocycles. The number of benzene rings is 2. The third-order valence-corrected chi connectivity index (χ3v) is 5.04. The number of aryl methyl sites for hydroxylation is 1. The zero-order valence-electron chi connectivity index (χ0n) is 17.8. The van der Waals surface area contributed by atoms with Crippen LogP contribution in [0.25, 0.3) is 5.69 Å². The normalized spacial score (nSPS) is 12.0. The Labute approximate surface area is 184 Å². The molecule has 1 aromatic heterocycles. The van der Waals surface area contributed by atoms with E-state index in [0.29, 0.717) is 22.5 Å². The summed E-state index contributed by atoms with van der Waals surface area (Å²) in [7, 11) is 0. The van der Waals surface area contributed by atoms with E-state index in [-0.39, 0.29) is 23.7 Å². The van der Waals surface area contributed by atoms with Crippen molar-refractivity contribution in [3.8, 4) is 11.4 Å². The summed E-state index contributed by atoms with van der Waals surface area (Å²) >= 11 is 0. The SMILES string of the molecule is Cc1cc(C(=O)C(C)OC(=O)c2ccc(CO)cc2)c(C)n1-c1ccc(OC(F)F)cc1. The Bertz CT molecular complexity index is 1100. The number of aliphatic hydroxyl groups excluding tert-OH is 1. The second kappa shape index (κ2) is 9.74. The minimum Gasteiger partial charge on any atom is -0.451 e. The van der Waals surface area contributed by atoms with Gasteiger partial charge < -0.3 is 19.1 Å². The molecule has 0 aliphatic rings. The predicted octanol–water partition coefficient (Wildman–Crippen LogP) is 4.62. The Kier molecular flexibility index (Phi) is 7.05. The molecule has 0 spiro atoms. The molecule has 0 saturated carbocycles. The highest BCUT2D eigenvalue weighted by molar-refractivity contribution is 6.02. The second-order valence-electron chi connectivity index (χ2n) is 7.26. The van der Waals surface area contributed by atoms with Crippen molar-refractivity contribution >= 4 is 11.8 Å². The van der Waals surface area contributed by atoms with Crippen molar-refractivity contribution in [3.05, 3.63) is 82.7 Å². The van der Waals surface area contributed by atoms with Crippen LogP contribution in [0.2, 0.25) is 0 Å². The summed E-state index contributed by atoms with van der Waals surface area (Å²) in [6, 6.07) is 14.0. The van der Waals surface area contributed by atoms with E-state index in [2.05, 4.69) is 4.74 Å². The van der Waals surface area contributed by atoms with Gasteiger partial charge in [0.1, 0.15) is 5.75 Å². The maximum Gasteiger partial charge on any atom is 0.387 e. The minimum absolute atomic E-state index is 0.0371. The summed E-state index contributed by atoms with van der Waals surface area (Å²) in [5.41, 5.74) is 3.39. The molecule has 1 heterocycles. The number of ether oxygens (including phenoxy) is 2. The van der Waals surface area contributed by atoms with Crippen LogP contribution in [0, 0.1) is 13.8 Å². The summed E-state index contributed by atoms with van der Waals surface area (Å²) in [6.45, 7) is 2.03. The van der Waals surface area contributed by atoms with Crippen molar-refractivity contribution in [2.45, 2.75) is 40.1 Å². The van der Waals surface area contributed by atoms with Crippen LogP contribution in [0.15, 0.2) is 54.6 Å². The van der Waals surface area contributed by atoms with Gasteiger partial charge in [-0.3, -0.25) is 4.79 Å². The van der Waals surface area contributed by atoms with Crippen LogP contribution in [0.1, 0.15) is 44.6 Å². The lowest BCUT2D eigenvalue weighted by molar-refractivity contribution is -0.0498. The lowest BCUT2D eigenvalue weighted by Crippen LogP contribution is -2.25. The van der Waals surface area contributed by atoms with Crippen molar-refractivity contribution in [1.29, 1.82) is 0 Å². The zero-order valence-corrected chi connectivity index (χ0v) is 17.8. The summed E-state index contributed by atoms with van der Waals surface area (Å²) in [5, 5.41) is 9.09. The van der Waals surface area contributed by atoms with Gasteiger partial charge >= 0.3 is 12.6 Å². The van der Waals surface area contributed by atoms with Crippen LogP contribution < -0.4 is 4.74 Å². The maximum absolute atomic E-state index is 13.0. The first-order valence-electron chi connectivity index (χ1n) is 9.90. The number of carbonyl (C=O) groups excluding carboxylic acids is 2. The number of Topliss-reactive ketones (excluding diaryl/α,β-unsaturated/α-hetero) is 1. The molecule has 1 N–H and O–H groups in total. The van der Waals surface area contributed by atoms with Crippen molar-refractivity contribution in [2.24, 2.45) is 0 Å². The molecule has 1 atom stereocenters. The van der Waals surface area contributed by atoms with E-state index in [4.69, 9.17) is 9.84 Å². The standard InChI is InChI=1S/C24H23F2NO5/c1-14-12-21(15(2)27(14)19-8-10-20(11-9-19)32-24(25)26)22(29)16(3)31-23(30)18-6-4-17(13-28)5-7-18/h4-12,16,24,28H,13H2,1-3H3. The first kappa shape index (κ1) is 23.1. The van der Waals surface area contributed by atoms with Gasteiger partial charge in [0.05, 0.1) is 12.2 Å². The monoisotopic (exact) mass is 443 g/mol. The fraction of sp³-hybridized carbons (Fsp3) is 0.250. The molecule has 6 nitrogen and oxygen atoms in total. The predicted molar refractivity (Wildman–Crippen MR) is 113 cm³/mol. The molecule has 32 heavy (non-hydrogen) atoms. The fourth-order valence-corrected chi connectivity index (χ4v) is 3.43. The number of alkyl halides is 2. The van der Waals surface area contributed by atoms with Gasteiger partial charge in [0.25, 0.3) is 0 Å². The Hall–Kier alpha value is -3.52. The number of nitrogens with zero attached hydrogens (tertiary/aromatic N) is 1. The van der Waals surface area contributed by atoms with E-state index < -0.39 is 18.7 Å². The molecule has 0 amide bonds. The van der Waals surface area contributed by atoms with E-state index in [1.807, 2.05) is 11.5 Å². The molecule has 3 rings (SSSR count). The number of esters is 1. The average molecular weight is 443 g/mol. The summed E-state index contributed by atoms with van der Waals surface area (Å²) in [4.78, 5) is 25.3. The van der Waals surface area contributed by atoms with Gasteiger partial charge in [-0.2, -0.15) is 8.78 Å². The van der Waals surface area contributed by atoms with Gasteiger partial charge in [0, 0.05) is 22.6 Å². The van der Waals surface area contributed by atoms with Crippen LogP contribution in [0.5, 0.6) is 5.75 Å². The number of rotatable bonds is 8. The molecule has 3 aromatic rings. The number of carbonyl (C=O) groups is 2. The molecule has 8 heteroatoms. The van der Waals surface area contributed by atoms with Crippen LogP contribution in [-0.4, -0.2) is 34.1 Å². The Morgan fingerprint density at radius 3 is 2.22 bits per heavy atom. The topological polar surface area (TPSA) is 77.8 Å². The van der Waals surface area contributed by atoms with E-state index in [9.17, 15) is 18.4 Å². The molecule has 0 radical (unpaired) electrons. The average Bonchev–Trinajstić information content (AvgIpc) is 3.07. The largest absolute Gasteiger partial charge is 0.451 e. The van der Waals surface area contributed by atoms with Gasteiger partial charge in [0.2, 0.25) is 5.78 Å². The number of hydrogen-bond acceptors (Lipinski definition) is 5. The van der Waals surface area contributed by atoms with Gasteiger partial charge in [-0.1, -0.05) is 12.1 Å². The van der Waals surface area contributed by atoms with Crippen LogP contribution in [0.4, 0.5) is 8.78 Å². The summed E-state index contributed by atoms with van der Waals surface area (Å²) in [6.07, 6.45) is -1.02. The van der Waals surface area contributed by atoms with Crippen molar-refractivity contribution in [2.75, 3.05) is 0 Å². The van der Waals surface area contributed by atoms with Gasteiger partial charge in [0.15, 0.2) is 6.10 Å². The highest BCUT2D eigenvalue weighted by Gasteiger charge is 2.25. The van der Waals surface area contributed by atoms with Gasteiger partial charge in [-0.25, -0.2) is 4.79 Å². The summed E-state index contributed by atoms with van der Waals surface area (Å²) < 4.78 is 36.2. The highest BCUT2D eigenvalue weighted by atomic mass is 19.3. The van der Waals surface area contributed by atoms with E-state index >= 15 is 0 Å². The smallest absolute Gasteiger partial charge is 0.387 e. The number of hydrogen-bond donors (Lipinski definition) is 1. The molecule has 1 unspecified atom stereocenters. The fourth-order valence-electron chi connectivity index (χ4n) is 3.43. The second-order valence-corrected chi connectivity index (χ2v) is 7.26. The third-order valence-electron chi connectivity index (χ3n) is 5.04. The van der Waals surface area contributed by atoms with E-state index in [0.717, 1.165) is 5.69 Å². The van der Waals surface area contributed by atoms with Crippen molar-refractivity contribution in [3.63, 3.8) is 0 Å². The first-order chi connectivity index (χ1) is 15.2. The van der Waals surface area contributed by atoms with Gasteiger partial charge in [-0.05, 0) is 68.8 Å². The Balaban J connectivity index is 1.77. The number of halogens is 2. The molecule has 2 aromatic carbocycles. The third kappa shape index (κ3) is 5.03. The number of aromatic nitrogens is 1. The molecule has 0 aliphatic heterocycles. The number of aliphatic hydroxyl groups is 1. The minimum atomic E-state index is -2.91. The van der Waals surface area contributed by atoms with Crippen LogP contribution >= 0.6 is 0 Å². The molecule has 0 fully saturated rings. The van der Waals surface area contributed by atoms with Crippen molar-refractivity contribution < 1.29 is 33.0 Å². The quantitative estimate of drug-likeness (QED) is 0.406.